The van der Waals surface area contributed by atoms with E-state index in [2.05, 4.69) is 15.1 Å². The maximum absolute atomic E-state index is 13.2. The molecule has 4 aliphatic heterocycles. The zero-order valence-electron chi connectivity index (χ0n) is 27.1. The molecule has 2 bridgehead atoms. The third kappa shape index (κ3) is 5.68. The van der Waals surface area contributed by atoms with Crippen molar-refractivity contribution in [3.05, 3.63) is 80.9 Å². The molecule has 5 atom stereocenters. The third-order valence-corrected chi connectivity index (χ3v) is 10.2. The average molecular weight is 881 g/mol. The number of nitrogens with one attached hydrogen (secondary N) is 1. The summed E-state index contributed by atoms with van der Waals surface area (Å²) < 4.78 is 57.0. The van der Waals surface area contributed by atoms with Gasteiger partial charge in [0, 0.05) is 85.4 Å². The molecule has 4 aliphatic rings. The number of aromatic hydroxyl groups is 2. The Kier molecular flexibility index (Phi) is 9.79. The first kappa shape index (κ1) is 35.3. The summed E-state index contributed by atoms with van der Waals surface area (Å²) in [6.07, 6.45) is -1.06. The van der Waals surface area contributed by atoms with E-state index >= 15 is 0 Å². The largest absolute Gasteiger partial charge is 0.507 e. The van der Waals surface area contributed by atoms with E-state index in [-0.39, 0.29) is 80.5 Å². The number of piperazine rings is 1. The number of ether oxygens (including phenoxy) is 3. The van der Waals surface area contributed by atoms with Crippen molar-refractivity contribution in [3.8, 4) is 28.7 Å². The molecular weight excluding hydrogens is 842 g/mol. The maximum atomic E-state index is 13.2. The van der Waals surface area contributed by atoms with Crippen molar-refractivity contribution in [1.29, 1.82) is 0 Å². The second-order valence-corrected chi connectivity index (χ2v) is 12.8. The normalized spacial score (nSPS) is 24.5. The van der Waals surface area contributed by atoms with Crippen LogP contribution in [0.15, 0.2) is 36.4 Å². The van der Waals surface area contributed by atoms with Gasteiger partial charge in [0.2, 0.25) is 6.79 Å². The first-order valence-corrected chi connectivity index (χ1v) is 15.7. The zero-order chi connectivity index (χ0) is 33.4. The van der Waals surface area contributed by atoms with E-state index in [0.29, 0.717) is 59.9 Å². The van der Waals surface area contributed by atoms with Crippen LogP contribution in [0, 0.1) is 57.9 Å². The molecule has 0 aliphatic carbocycles. The number of aliphatic hydroxyl groups is 1. The van der Waals surface area contributed by atoms with Crippen LogP contribution in [-0.4, -0.2) is 77.5 Å². The Morgan fingerprint density at radius 3 is 2.52 bits per heavy atom. The van der Waals surface area contributed by atoms with Gasteiger partial charge in [-0.2, -0.15) is 13.2 Å². The number of hydrogen-bond acceptors (Lipinski definition) is 9. The summed E-state index contributed by atoms with van der Waals surface area (Å²) in [5, 5.41) is 38.6. The monoisotopic (exact) mass is 880 g/mol. The summed E-state index contributed by atoms with van der Waals surface area (Å²) >= 11 is 0. The topological polar surface area (TPSA) is 107 Å². The van der Waals surface area contributed by atoms with Crippen LogP contribution in [0.2, 0.25) is 0 Å². The summed E-state index contributed by atoms with van der Waals surface area (Å²) in [7, 11) is 3.49. The predicted molar refractivity (Wildman–Crippen MR) is 168 cm³/mol. The molecule has 7 rings (SSSR count). The minimum atomic E-state index is -4.42. The number of nitrogens with zero attached hydrogens (tertiary/aromatic N) is 2. The maximum Gasteiger partial charge on any atom is 0.416 e. The molecule has 0 spiro atoms. The Morgan fingerprint density at radius 2 is 1.79 bits per heavy atom. The number of aryl methyl sites for hydroxylation is 1. The van der Waals surface area contributed by atoms with Crippen molar-refractivity contribution in [2.75, 3.05) is 34.0 Å². The first-order valence-electron chi connectivity index (χ1n) is 15.7. The predicted octanol–water partition coefficient (Wildman–Crippen LogP) is 4.97. The van der Waals surface area contributed by atoms with Crippen LogP contribution in [-0.2, 0) is 19.0 Å². The summed E-state index contributed by atoms with van der Waals surface area (Å²) in [5.41, 5.74) is 4.25. The fourth-order valence-corrected chi connectivity index (χ4v) is 8.17. The molecule has 2 unspecified atom stereocenters. The minimum absolute atomic E-state index is 0. The molecule has 3 aromatic carbocycles. The fourth-order valence-electron chi connectivity index (χ4n) is 8.17. The van der Waals surface area contributed by atoms with E-state index in [0.717, 1.165) is 34.4 Å². The van der Waals surface area contributed by atoms with Crippen LogP contribution < -0.4 is 19.5 Å². The van der Waals surface area contributed by atoms with Crippen molar-refractivity contribution in [2.45, 2.75) is 63.3 Å². The molecule has 0 saturated carbocycles. The van der Waals surface area contributed by atoms with Gasteiger partial charge in [-0.3, -0.25) is 9.80 Å². The number of benzene rings is 3. The van der Waals surface area contributed by atoms with Gasteiger partial charge in [0.1, 0.15) is 12.0 Å². The molecule has 13 heteroatoms. The first-order chi connectivity index (χ1) is 22.4. The Bertz CT molecular complexity index is 1770. The van der Waals surface area contributed by atoms with Crippen LogP contribution in [0.4, 0.5) is 13.2 Å². The standard InChI is InChI=1S/C35H38F3N3O6.Ac/c1-17-11-20-13-24-34(44)41-23(28(40(24)3)26(20)30(43)31(17)45-4)14-22-27(33-32(46-16-47-33)18(2)29(22)42)25(41)15-39-10-6-8-19-7-5-9-21(12-19)35(36,37)38;/h5-9,11-12,23-25,28,34,39,42-44H,10,13-16H2,1-4H3;/b8-6+;/t23?,24-,25-,28-,34?;/m0./s1. The second kappa shape index (κ2) is 13.3. The van der Waals surface area contributed by atoms with E-state index in [1.165, 1.54) is 13.2 Å². The Labute approximate surface area is 312 Å². The van der Waals surface area contributed by atoms with E-state index in [9.17, 15) is 28.5 Å². The van der Waals surface area contributed by atoms with Gasteiger partial charge < -0.3 is 34.8 Å². The Morgan fingerprint density at radius 1 is 1.04 bits per heavy atom. The van der Waals surface area contributed by atoms with Crippen molar-refractivity contribution in [1.82, 2.24) is 15.1 Å². The van der Waals surface area contributed by atoms with Crippen molar-refractivity contribution < 1.29 is 86.8 Å². The molecule has 9 nitrogen and oxygen atoms in total. The van der Waals surface area contributed by atoms with Gasteiger partial charge >= 0.3 is 6.18 Å². The minimum Gasteiger partial charge on any atom is -0.507 e. The molecule has 1 fully saturated rings. The number of aliphatic hydroxyl groups excluding tert-OH is 1. The Balaban J connectivity index is 0.00000401. The Hall–Kier alpha value is -2.53. The third-order valence-electron chi connectivity index (χ3n) is 10.2. The molecule has 4 heterocycles. The zero-order valence-corrected chi connectivity index (χ0v) is 31.9. The van der Waals surface area contributed by atoms with E-state index in [4.69, 9.17) is 14.2 Å². The van der Waals surface area contributed by atoms with Gasteiger partial charge in [-0.15, -0.1) is 0 Å². The average Bonchev–Trinajstić information content (AvgIpc) is 3.52. The van der Waals surface area contributed by atoms with E-state index in [1.54, 1.807) is 25.1 Å². The van der Waals surface area contributed by atoms with Crippen molar-refractivity contribution in [3.63, 3.8) is 0 Å². The number of phenols is 2. The summed E-state index contributed by atoms with van der Waals surface area (Å²) in [4.78, 5) is 4.18. The number of likely N-dealkylation sites (N-methyl/N-ethyl adjacent to an activating group) is 1. The van der Waals surface area contributed by atoms with Crippen LogP contribution in [0.3, 0.4) is 0 Å². The molecule has 4 N–H and O–H groups in total. The number of phenolic OH excluding ortho intramolecular Hbond substituents is 2. The number of halogens is 3. The molecule has 48 heavy (non-hydrogen) atoms. The van der Waals surface area contributed by atoms with Gasteiger partial charge in [-0.1, -0.05) is 30.4 Å². The van der Waals surface area contributed by atoms with Crippen LogP contribution in [0.5, 0.6) is 28.7 Å². The fraction of sp³-hybridized carbons (Fsp3) is 0.429. The summed E-state index contributed by atoms with van der Waals surface area (Å²) in [5.74, 6) is 1.62. The van der Waals surface area contributed by atoms with Crippen molar-refractivity contribution in [2.24, 2.45) is 0 Å². The summed E-state index contributed by atoms with van der Waals surface area (Å²) in [6, 6.07) is 5.72. The number of hydrogen-bond donors (Lipinski definition) is 4. The van der Waals surface area contributed by atoms with Crippen molar-refractivity contribution >= 4 is 6.08 Å². The van der Waals surface area contributed by atoms with Gasteiger partial charge in [-0.05, 0) is 62.6 Å². The molecule has 253 valence electrons. The second-order valence-electron chi connectivity index (χ2n) is 12.8. The number of alkyl halides is 3. The molecule has 3 aromatic rings. The van der Waals surface area contributed by atoms with Gasteiger partial charge in [0.25, 0.3) is 0 Å². The van der Waals surface area contributed by atoms with E-state index in [1.807, 2.05) is 20.0 Å². The molecule has 1 saturated heterocycles. The molecule has 1 radical (unpaired) electrons. The molecular formula is C35H38AcF3N3O6. The van der Waals surface area contributed by atoms with Gasteiger partial charge in [-0.25, -0.2) is 0 Å². The molecule has 0 amide bonds. The van der Waals surface area contributed by atoms with Crippen LogP contribution in [0.1, 0.15) is 56.6 Å². The number of fused-ring (bicyclic) bond motifs is 9. The van der Waals surface area contributed by atoms with Crippen LogP contribution in [0.25, 0.3) is 6.08 Å². The quantitative estimate of drug-likeness (QED) is 0.256. The smallest absolute Gasteiger partial charge is 0.416 e. The van der Waals surface area contributed by atoms with Gasteiger partial charge in [0.05, 0.1) is 30.8 Å². The number of rotatable bonds is 6. The number of methoxy groups -OCH3 is 1. The SMILES string of the molecule is COc1c(C)cc2c(c1O)[C@@H]1C3Cc4c(O)c(C)c5c(c4[C@H](CNC/C=C/c4cccc(C(F)(F)F)c4)N3C(O)[C@H](C2)N1C)OCO5.[Ac]. The van der Waals surface area contributed by atoms with E-state index < -0.39 is 24.0 Å². The summed E-state index contributed by atoms with van der Waals surface area (Å²) in [6.45, 7) is 4.34. The molecule has 0 aromatic heterocycles. The van der Waals surface area contributed by atoms with Gasteiger partial charge in [0.15, 0.2) is 23.0 Å². The van der Waals surface area contributed by atoms with Crippen LogP contribution >= 0.6 is 0 Å².